The lowest BCUT2D eigenvalue weighted by Gasteiger charge is -2.53. The highest BCUT2D eigenvalue weighted by atomic mass is 35.5. The zero-order chi connectivity index (χ0) is 18.7. The first kappa shape index (κ1) is 20.6. The molecule has 8 heteroatoms. The Kier molecular flexibility index (Phi) is 6.87. The lowest BCUT2D eigenvalue weighted by atomic mass is 9.73. The molecular formula is C17H29Cl2N5O. The minimum atomic E-state index is 0.0534. The highest BCUT2D eigenvalue weighted by molar-refractivity contribution is 6.31. The van der Waals surface area contributed by atoms with Crippen LogP contribution in [0.15, 0.2) is 0 Å². The normalized spacial score (nSPS) is 20.6. The smallest absolute Gasteiger partial charge is 0.228 e. The quantitative estimate of drug-likeness (QED) is 0.687. The van der Waals surface area contributed by atoms with Crippen molar-refractivity contribution in [1.29, 1.82) is 0 Å². The molecule has 0 radical (unpaired) electrons. The summed E-state index contributed by atoms with van der Waals surface area (Å²) in [4.78, 5) is 17.4. The maximum Gasteiger partial charge on any atom is 0.228 e. The lowest BCUT2D eigenvalue weighted by molar-refractivity contribution is -0.272. The molecule has 1 aromatic heterocycles. The fourth-order valence-corrected chi connectivity index (χ4v) is 4.70. The summed E-state index contributed by atoms with van der Waals surface area (Å²) in [7, 11) is 1.77. The largest absolute Gasteiger partial charge is 0.354 e. The van der Waals surface area contributed by atoms with Crippen molar-refractivity contribution >= 4 is 29.2 Å². The molecule has 0 bridgehead atoms. The van der Waals surface area contributed by atoms with Crippen molar-refractivity contribution < 1.29 is 4.84 Å². The molecule has 0 atom stereocenters. The van der Waals surface area contributed by atoms with Crippen LogP contribution in [-0.2, 0) is 4.84 Å². The number of nitrogens with one attached hydrogen (secondary N) is 1. The van der Waals surface area contributed by atoms with Crippen molar-refractivity contribution in [3.8, 4) is 0 Å². The van der Waals surface area contributed by atoms with Gasteiger partial charge in [-0.25, -0.2) is 0 Å². The van der Waals surface area contributed by atoms with Crippen LogP contribution in [0.1, 0.15) is 59.8 Å². The Morgan fingerprint density at radius 3 is 2.12 bits per heavy atom. The van der Waals surface area contributed by atoms with E-state index >= 15 is 0 Å². The number of unbranched alkanes of at least 4 members (excludes halogenated alkanes) is 1. The van der Waals surface area contributed by atoms with E-state index in [0.29, 0.717) is 11.9 Å². The molecule has 0 aliphatic carbocycles. The highest BCUT2D eigenvalue weighted by Crippen LogP contribution is 2.42. The van der Waals surface area contributed by atoms with E-state index in [9.17, 15) is 0 Å². The first-order valence-electron chi connectivity index (χ1n) is 8.79. The van der Waals surface area contributed by atoms with E-state index in [0.717, 1.165) is 32.2 Å². The highest BCUT2D eigenvalue weighted by Gasteiger charge is 2.45. The number of hydrogen-bond acceptors (Lipinski definition) is 6. The monoisotopic (exact) mass is 389 g/mol. The van der Waals surface area contributed by atoms with E-state index in [-0.39, 0.29) is 21.6 Å². The minimum Gasteiger partial charge on any atom is -0.354 e. The Labute approximate surface area is 160 Å². The zero-order valence-electron chi connectivity index (χ0n) is 15.8. The summed E-state index contributed by atoms with van der Waals surface area (Å²) in [5, 5.41) is 5.53. The molecule has 0 saturated carbocycles. The molecule has 1 fully saturated rings. The van der Waals surface area contributed by atoms with Gasteiger partial charge in [0.1, 0.15) is 0 Å². The molecule has 25 heavy (non-hydrogen) atoms. The van der Waals surface area contributed by atoms with E-state index in [1.165, 1.54) is 6.42 Å². The fraction of sp³-hybridized carbons (Fsp3) is 0.824. The zero-order valence-corrected chi connectivity index (χ0v) is 17.3. The first-order chi connectivity index (χ1) is 11.6. The third-order valence-electron chi connectivity index (χ3n) is 4.76. The molecule has 1 aliphatic heterocycles. The van der Waals surface area contributed by atoms with Crippen LogP contribution >= 0.6 is 23.2 Å². The van der Waals surface area contributed by atoms with Crippen LogP contribution < -0.4 is 5.32 Å². The molecule has 1 aromatic rings. The summed E-state index contributed by atoms with van der Waals surface area (Å²) in [6.45, 7) is 9.85. The third-order valence-corrected chi connectivity index (χ3v) is 5.10. The molecule has 142 valence electrons. The average Bonchev–Trinajstić information content (AvgIpc) is 2.43. The topological polar surface area (TPSA) is 63.2 Å². The van der Waals surface area contributed by atoms with Gasteiger partial charge >= 0.3 is 0 Å². The van der Waals surface area contributed by atoms with Gasteiger partial charge < -0.3 is 10.2 Å². The van der Waals surface area contributed by atoms with Gasteiger partial charge in [0.15, 0.2) is 0 Å². The van der Waals surface area contributed by atoms with E-state index in [2.05, 4.69) is 53.0 Å². The summed E-state index contributed by atoms with van der Waals surface area (Å²) in [6.07, 6.45) is 5.72. The maximum absolute atomic E-state index is 5.77. The van der Waals surface area contributed by atoms with Crippen LogP contribution in [0.2, 0.25) is 10.6 Å². The van der Waals surface area contributed by atoms with Gasteiger partial charge in [0.2, 0.25) is 16.5 Å². The second-order valence-corrected chi connectivity index (χ2v) is 8.67. The van der Waals surface area contributed by atoms with Gasteiger partial charge in [0.05, 0.1) is 7.11 Å². The molecule has 2 rings (SSSR count). The van der Waals surface area contributed by atoms with Crippen molar-refractivity contribution in [3.63, 3.8) is 0 Å². The summed E-state index contributed by atoms with van der Waals surface area (Å²) in [5.41, 5.74) is 0.107. The van der Waals surface area contributed by atoms with Crippen LogP contribution in [0, 0.1) is 5.92 Å². The van der Waals surface area contributed by atoms with Crippen molar-refractivity contribution in [2.24, 2.45) is 5.92 Å². The average molecular weight is 390 g/mol. The lowest BCUT2D eigenvalue weighted by Crippen LogP contribution is -2.59. The second kappa shape index (κ2) is 8.33. The van der Waals surface area contributed by atoms with Gasteiger partial charge in [0, 0.05) is 17.6 Å². The van der Waals surface area contributed by atoms with Crippen LogP contribution in [0.5, 0.6) is 0 Å². The van der Waals surface area contributed by atoms with Gasteiger partial charge in [-0.1, -0.05) is 12.8 Å². The van der Waals surface area contributed by atoms with E-state index < -0.39 is 0 Å². The molecule has 0 amide bonds. The van der Waals surface area contributed by atoms with E-state index in [4.69, 9.17) is 28.0 Å². The molecule has 0 unspecified atom stereocenters. The molecule has 1 aliphatic rings. The predicted octanol–water partition coefficient (Wildman–Crippen LogP) is 4.59. The summed E-state index contributed by atoms with van der Waals surface area (Å²) < 4.78 is 0. The molecule has 0 aromatic carbocycles. The Morgan fingerprint density at radius 2 is 1.60 bits per heavy atom. The summed E-state index contributed by atoms with van der Waals surface area (Å²) >= 11 is 11.5. The minimum absolute atomic E-state index is 0.0534. The Balaban J connectivity index is 1.76. The van der Waals surface area contributed by atoms with Gasteiger partial charge in [-0.2, -0.15) is 20.0 Å². The van der Waals surface area contributed by atoms with Crippen LogP contribution in [0.3, 0.4) is 0 Å². The van der Waals surface area contributed by atoms with Gasteiger partial charge in [-0.3, -0.25) is 0 Å². The molecular weight excluding hydrogens is 361 g/mol. The number of aromatic nitrogens is 3. The molecule has 1 N–H and O–H groups in total. The van der Waals surface area contributed by atoms with Crippen LogP contribution in [0.25, 0.3) is 0 Å². The molecule has 2 heterocycles. The number of anilines is 1. The Hall–Kier alpha value is -0.690. The SMILES string of the molecule is CON1C(C)(C)CC(CCCCNc2nc(Cl)nc(Cl)n2)CC1(C)C. The molecule has 6 nitrogen and oxygen atoms in total. The summed E-state index contributed by atoms with van der Waals surface area (Å²) in [6, 6.07) is 0. The molecule has 1 saturated heterocycles. The van der Waals surface area contributed by atoms with Gasteiger partial charge in [-0.15, -0.1) is 0 Å². The first-order valence-corrected chi connectivity index (χ1v) is 9.55. The Morgan fingerprint density at radius 1 is 1.04 bits per heavy atom. The molecule has 0 spiro atoms. The van der Waals surface area contributed by atoms with Crippen molar-refractivity contribution in [2.45, 2.75) is 70.9 Å². The van der Waals surface area contributed by atoms with Gasteiger partial charge in [-0.05, 0) is 76.1 Å². The summed E-state index contributed by atoms with van der Waals surface area (Å²) in [5.74, 6) is 1.14. The maximum atomic E-state index is 5.77. The van der Waals surface area contributed by atoms with Gasteiger partial charge in [0.25, 0.3) is 0 Å². The van der Waals surface area contributed by atoms with Crippen molar-refractivity contribution in [2.75, 3.05) is 19.0 Å². The fourth-order valence-electron chi connectivity index (χ4n) is 4.33. The second-order valence-electron chi connectivity index (χ2n) is 8.00. The number of hydrogen-bond donors (Lipinski definition) is 1. The number of nitrogens with zero attached hydrogens (tertiary/aromatic N) is 4. The number of piperidine rings is 1. The van der Waals surface area contributed by atoms with Crippen LogP contribution in [-0.4, -0.2) is 44.7 Å². The standard InChI is InChI=1S/C17H29Cl2N5O/c1-16(2)10-12(11-17(3,4)24(16)25-5)8-6-7-9-20-15-22-13(18)21-14(19)23-15/h12H,6-11H2,1-5H3,(H,20,21,22,23). The number of rotatable bonds is 7. The van der Waals surface area contributed by atoms with Crippen LogP contribution in [0.4, 0.5) is 5.95 Å². The third kappa shape index (κ3) is 5.64. The van der Waals surface area contributed by atoms with Crippen molar-refractivity contribution in [1.82, 2.24) is 20.0 Å². The van der Waals surface area contributed by atoms with E-state index in [1.54, 1.807) is 7.11 Å². The van der Waals surface area contributed by atoms with E-state index in [1.807, 2.05) is 0 Å². The Bertz CT molecular complexity index is 544. The number of halogens is 2. The number of hydroxylamine groups is 2. The predicted molar refractivity (Wildman–Crippen MR) is 102 cm³/mol. The van der Waals surface area contributed by atoms with Crippen molar-refractivity contribution in [3.05, 3.63) is 10.6 Å².